The van der Waals surface area contributed by atoms with Crippen LogP contribution in [0.3, 0.4) is 0 Å². The average Bonchev–Trinajstić information content (AvgIpc) is 2.98. The van der Waals surface area contributed by atoms with Gasteiger partial charge in [0.05, 0.1) is 0 Å². The second kappa shape index (κ2) is 7.44. The van der Waals surface area contributed by atoms with Gasteiger partial charge in [0.25, 0.3) is 11.6 Å². The van der Waals surface area contributed by atoms with E-state index in [1.165, 1.54) is 12.1 Å². The number of hydrazine groups is 1. The lowest BCUT2D eigenvalue weighted by Crippen LogP contribution is -2.59. The first-order chi connectivity index (χ1) is 13.5. The van der Waals surface area contributed by atoms with Crippen molar-refractivity contribution in [1.82, 2.24) is 10.4 Å². The van der Waals surface area contributed by atoms with Crippen LogP contribution in [0.1, 0.15) is 33.5 Å². The van der Waals surface area contributed by atoms with Crippen LogP contribution in [-0.4, -0.2) is 27.9 Å². The molecule has 3 rings (SSSR count). The molecule has 2 N–H and O–H groups in total. The Morgan fingerprint density at radius 3 is 2.45 bits per heavy atom. The van der Waals surface area contributed by atoms with Crippen LogP contribution >= 0.6 is 0 Å². The standard InChI is InChI=1S/C21H21F3N2O3/c1-13-4-9-18(10-14(13)2)29-12-16-5-7-17(8-6-16)19(27)26-20(28,21(22,23)24)11-15(3)25-26/h4-10,25,28H,3,11-12H2,1-2H3. The third kappa shape index (κ3) is 4.07. The van der Waals surface area contributed by atoms with E-state index in [0.29, 0.717) is 5.75 Å². The number of nitrogens with zero attached hydrogens (tertiary/aromatic N) is 1. The number of hydrogen-bond donors (Lipinski definition) is 2. The predicted octanol–water partition coefficient (Wildman–Crippen LogP) is 4.00. The number of rotatable bonds is 4. The molecule has 0 aliphatic carbocycles. The fourth-order valence-corrected chi connectivity index (χ4v) is 2.96. The summed E-state index contributed by atoms with van der Waals surface area (Å²) in [6.45, 7) is 7.60. The van der Waals surface area contributed by atoms with Gasteiger partial charge in [-0.25, -0.2) is 5.01 Å². The maximum Gasteiger partial charge on any atom is 0.438 e. The van der Waals surface area contributed by atoms with Crippen LogP contribution in [0, 0.1) is 13.8 Å². The number of aryl methyl sites for hydroxylation is 2. The van der Waals surface area contributed by atoms with Crippen molar-refractivity contribution in [2.75, 3.05) is 0 Å². The minimum Gasteiger partial charge on any atom is -0.489 e. The zero-order chi connectivity index (χ0) is 21.4. The first-order valence-corrected chi connectivity index (χ1v) is 8.88. The number of carbonyl (C=O) groups excluding carboxylic acids is 1. The molecule has 1 amide bonds. The van der Waals surface area contributed by atoms with Gasteiger partial charge in [0.1, 0.15) is 12.4 Å². The van der Waals surface area contributed by atoms with Gasteiger partial charge >= 0.3 is 6.18 Å². The van der Waals surface area contributed by atoms with Crippen LogP contribution in [0.15, 0.2) is 54.7 Å². The maximum absolute atomic E-state index is 13.3. The van der Waals surface area contributed by atoms with Gasteiger partial charge in [-0.2, -0.15) is 13.2 Å². The first kappa shape index (κ1) is 20.7. The normalized spacial score (nSPS) is 19.2. The fourth-order valence-electron chi connectivity index (χ4n) is 2.96. The minimum atomic E-state index is -5.03. The zero-order valence-corrected chi connectivity index (χ0v) is 16.0. The molecule has 1 fully saturated rings. The molecule has 1 unspecified atom stereocenters. The molecule has 1 saturated heterocycles. The lowest BCUT2D eigenvalue weighted by atomic mass is 10.1. The Morgan fingerprint density at radius 1 is 1.21 bits per heavy atom. The van der Waals surface area contributed by atoms with Crippen molar-refractivity contribution in [3.63, 3.8) is 0 Å². The molecule has 8 heteroatoms. The number of benzene rings is 2. The van der Waals surface area contributed by atoms with Gasteiger partial charge in [0.15, 0.2) is 0 Å². The summed E-state index contributed by atoms with van der Waals surface area (Å²) in [6.07, 6.45) is -5.86. The Labute approximate surface area is 166 Å². The number of alkyl halides is 3. The Hall–Kier alpha value is -3.00. The van der Waals surface area contributed by atoms with Crippen molar-refractivity contribution in [3.8, 4) is 5.75 Å². The number of ether oxygens (including phenoxy) is 1. The topological polar surface area (TPSA) is 61.8 Å². The van der Waals surface area contributed by atoms with Crippen molar-refractivity contribution in [2.45, 2.75) is 38.8 Å². The third-order valence-electron chi connectivity index (χ3n) is 4.84. The molecule has 2 aromatic carbocycles. The number of aliphatic hydroxyl groups is 1. The van der Waals surface area contributed by atoms with Crippen molar-refractivity contribution >= 4 is 5.91 Å². The van der Waals surface area contributed by atoms with E-state index >= 15 is 0 Å². The van der Waals surface area contributed by atoms with E-state index in [-0.39, 0.29) is 22.9 Å². The van der Waals surface area contributed by atoms with Gasteiger partial charge in [-0.15, -0.1) is 0 Å². The Kier molecular flexibility index (Phi) is 5.32. The highest BCUT2D eigenvalue weighted by Crippen LogP contribution is 2.41. The molecular formula is C21H21F3N2O3. The first-order valence-electron chi connectivity index (χ1n) is 8.88. The summed E-state index contributed by atoms with van der Waals surface area (Å²) in [6, 6.07) is 11.7. The van der Waals surface area contributed by atoms with Crippen molar-refractivity contribution in [3.05, 3.63) is 77.0 Å². The molecule has 0 spiro atoms. The number of halogens is 3. The average molecular weight is 406 g/mol. The summed E-state index contributed by atoms with van der Waals surface area (Å²) >= 11 is 0. The maximum atomic E-state index is 13.3. The van der Waals surface area contributed by atoms with Crippen molar-refractivity contribution in [2.24, 2.45) is 0 Å². The molecule has 2 aromatic rings. The highest BCUT2D eigenvalue weighted by atomic mass is 19.4. The summed E-state index contributed by atoms with van der Waals surface area (Å²) in [5, 5.41) is 10.2. The Balaban J connectivity index is 1.71. The van der Waals surface area contributed by atoms with E-state index in [4.69, 9.17) is 4.74 Å². The Morgan fingerprint density at radius 2 is 1.86 bits per heavy atom. The van der Waals surface area contributed by atoms with Gasteiger partial charge in [0, 0.05) is 17.7 Å². The molecule has 0 aromatic heterocycles. The number of carbonyl (C=O) groups is 1. The van der Waals surface area contributed by atoms with Crippen LogP contribution in [-0.2, 0) is 6.61 Å². The summed E-state index contributed by atoms with van der Waals surface area (Å²) < 4.78 is 45.6. The van der Waals surface area contributed by atoms with E-state index in [2.05, 4.69) is 12.0 Å². The highest BCUT2D eigenvalue weighted by Gasteiger charge is 2.63. The predicted molar refractivity (Wildman–Crippen MR) is 101 cm³/mol. The van der Waals surface area contributed by atoms with E-state index in [9.17, 15) is 23.1 Å². The summed E-state index contributed by atoms with van der Waals surface area (Å²) in [7, 11) is 0. The van der Waals surface area contributed by atoms with Crippen LogP contribution in [0.25, 0.3) is 0 Å². The zero-order valence-electron chi connectivity index (χ0n) is 16.0. The van der Waals surface area contributed by atoms with Gasteiger partial charge in [0.2, 0.25) is 0 Å². The molecule has 154 valence electrons. The molecule has 1 atom stereocenters. The Bertz CT molecular complexity index is 941. The molecule has 29 heavy (non-hydrogen) atoms. The highest BCUT2D eigenvalue weighted by molar-refractivity contribution is 5.94. The summed E-state index contributed by atoms with van der Waals surface area (Å²) in [4.78, 5) is 12.5. The van der Waals surface area contributed by atoms with Gasteiger partial charge in [-0.3, -0.25) is 10.2 Å². The molecule has 1 heterocycles. The van der Waals surface area contributed by atoms with E-state index in [0.717, 1.165) is 16.7 Å². The van der Waals surface area contributed by atoms with Crippen LogP contribution in [0.2, 0.25) is 0 Å². The SMILES string of the molecule is C=C1CC(O)(C(F)(F)F)N(C(=O)c2ccc(COc3ccc(C)c(C)c3)cc2)N1. The van der Waals surface area contributed by atoms with Crippen molar-refractivity contribution in [1.29, 1.82) is 0 Å². The van der Waals surface area contributed by atoms with E-state index < -0.39 is 24.2 Å². The number of amides is 1. The van der Waals surface area contributed by atoms with Crippen LogP contribution in [0.5, 0.6) is 5.75 Å². The summed E-state index contributed by atoms with van der Waals surface area (Å²) in [5.41, 5.74) is 1.75. The van der Waals surface area contributed by atoms with Gasteiger partial charge < -0.3 is 9.84 Å². The molecule has 0 radical (unpaired) electrons. The monoisotopic (exact) mass is 406 g/mol. The van der Waals surface area contributed by atoms with E-state index in [1.54, 1.807) is 12.1 Å². The second-order valence-corrected chi connectivity index (χ2v) is 7.08. The number of hydrogen-bond acceptors (Lipinski definition) is 4. The quantitative estimate of drug-likeness (QED) is 0.806. The lowest BCUT2D eigenvalue weighted by molar-refractivity contribution is -0.299. The molecule has 1 aliphatic rings. The van der Waals surface area contributed by atoms with Gasteiger partial charge in [-0.05, 0) is 54.8 Å². The molecule has 0 bridgehead atoms. The second-order valence-electron chi connectivity index (χ2n) is 7.08. The third-order valence-corrected chi connectivity index (χ3v) is 4.84. The van der Waals surface area contributed by atoms with E-state index in [1.807, 2.05) is 32.0 Å². The fraction of sp³-hybridized carbons (Fsp3) is 0.286. The summed E-state index contributed by atoms with van der Waals surface area (Å²) in [5.74, 6) is -0.312. The lowest BCUT2D eigenvalue weighted by Gasteiger charge is -2.33. The smallest absolute Gasteiger partial charge is 0.438 e. The molecular weight excluding hydrogens is 385 g/mol. The number of nitrogens with one attached hydrogen (secondary N) is 1. The molecule has 0 saturated carbocycles. The van der Waals surface area contributed by atoms with Crippen LogP contribution in [0.4, 0.5) is 13.2 Å². The van der Waals surface area contributed by atoms with Crippen LogP contribution < -0.4 is 10.2 Å². The molecule has 5 nitrogen and oxygen atoms in total. The minimum absolute atomic E-state index is 0.00944. The van der Waals surface area contributed by atoms with Crippen molar-refractivity contribution < 1.29 is 27.8 Å². The molecule has 1 aliphatic heterocycles. The van der Waals surface area contributed by atoms with Gasteiger partial charge in [-0.1, -0.05) is 24.8 Å². The largest absolute Gasteiger partial charge is 0.489 e.